The second-order valence-electron chi connectivity index (χ2n) is 5.57. The summed E-state index contributed by atoms with van der Waals surface area (Å²) in [5, 5.41) is 16.4. The summed E-state index contributed by atoms with van der Waals surface area (Å²) in [6, 6.07) is 4.55. The van der Waals surface area contributed by atoms with Crippen LogP contribution in [0.2, 0.25) is 0 Å². The Hall–Kier alpha value is -2.68. The fourth-order valence-electron chi connectivity index (χ4n) is 1.74. The van der Waals surface area contributed by atoms with Crippen LogP contribution in [0, 0.1) is 0 Å². The molecule has 2 N–H and O–H groups in total. The van der Waals surface area contributed by atoms with Crippen LogP contribution in [0.4, 0.5) is 9.59 Å². The first kappa shape index (κ1) is 32.0. The summed E-state index contributed by atoms with van der Waals surface area (Å²) in [6.45, 7) is 8.89. The Morgan fingerprint density at radius 2 is 1.43 bits per heavy atom. The first-order chi connectivity index (χ1) is 14.3. The van der Waals surface area contributed by atoms with Gasteiger partial charge in [-0.25, -0.2) is 9.59 Å². The van der Waals surface area contributed by atoms with Crippen LogP contribution in [0.25, 0.3) is 0 Å². The Bertz CT molecular complexity index is 568. The van der Waals surface area contributed by atoms with E-state index in [9.17, 15) is 14.7 Å². The molecule has 1 rings (SSSR count). The van der Waals surface area contributed by atoms with Crippen LogP contribution >= 0.6 is 0 Å². The molecule has 0 saturated carbocycles. The largest absolute Gasteiger partial charge is 0.508 e. The van der Waals surface area contributed by atoms with Gasteiger partial charge in [0.2, 0.25) is 0 Å². The number of likely N-dealkylation sites (N-methyl/N-ethyl adjacent to an activating group) is 2. The summed E-state index contributed by atoms with van der Waals surface area (Å²) >= 11 is 0. The minimum Gasteiger partial charge on any atom is -0.508 e. The normalized spacial score (nSPS) is 8.60. The zero-order valence-corrected chi connectivity index (χ0v) is 19.9. The third-order valence-electron chi connectivity index (χ3n) is 3.19. The van der Waals surface area contributed by atoms with Gasteiger partial charge in [0.05, 0.1) is 14.2 Å². The third-order valence-corrected chi connectivity index (χ3v) is 3.19. The molecule has 0 fully saturated rings. The molecule has 0 radical (unpaired) electrons. The number of aliphatic hydroxyl groups excluding tert-OH is 1. The molecule has 9 heteroatoms. The minimum absolute atomic E-state index is 0.0134. The van der Waals surface area contributed by atoms with E-state index in [1.807, 2.05) is 13.8 Å². The first-order valence-electron chi connectivity index (χ1n) is 9.78. The van der Waals surface area contributed by atoms with Crippen molar-refractivity contribution in [2.45, 2.75) is 40.7 Å². The van der Waals surface area contributed by atoms with Gasteiger partial charge in [-0.3, -0.25) is 0 Å². The van der Waals surface area contributed by atoms with E-state index in [-0.39, 0.29) is 12.4 Å². The lowest BCUT2D eigenvalue weighted by Crippen LogP contribution is -2.37. The number of benzene rings is 1. The number of amides is 2. The summed E-state index contributed by atoms with van der Waals surface area (Å²) in [5.74, 6) is 0.505. The van der Waals surface area contributed by atoms with Gasteiger partial charge in [-0.2, -0.15) is 0 Å². The molecule has 2 amide bonds. The Morgan fingerprint density at radius 1 is 0.967 bits per heavy atom. The molecule has 0 aliphatic rings. The predicted octanol–water partition coefficient (Wildman–Crippen LogP) is 3.72. The molecule has 0 unspecified atom stereocenters. The van der Waals surface area contributed by atoms with Gasteiger partial charge in [0.15, 0.2) is 0 Å². The SMILES string of the molecule is CC.CCC.CO.COC(=O)N(C)CCN(C)C(=O)OCc1ccc(O)cc1OC. The van der Waals surface area contributed by atoms with E-state index in [0.29, 0.717) is 24.4 Å². The molecular weight excluding hydrogens is 392 g/mol. The van der Waals surface area contributed by atoms with Crippen molar-refractivity contribution in [3.8, 4) is 11.5 Å². The highest BCUT2D eigenvalue weighted by Crippen LogP contribution is 2.24. The maximum atomic E-state index is 11.9. The van der Waals surface area contributed by atoms with E-state index in [2.05, 4.69) is 18.6 Å². The first-order valence-corrected chi connectivity index (χ1v) is 9.78. The Balaban J connectivity index is -0.000000926. The van der Waals surface area contributed by atoms with Gasteiger partial charge in [0.25, 0.3) is 0 Å². The van der Waals surface area contributed by atoms with Crippen LogP contribution in [0.3, 0.4) is 0 Å². The number of carbonyl (C=O) groups excluding carboxylic acids is 2. The van der Waals surface area contributed by atoms with E-state index in [1.165, 1.54) is 42.6 Å². The molecule has 0 aliphatic carbocycles. The van der Waals surface area contributed by atoms with Gasteiger partial charge in [-0.05, 0) is 12.1 Å². The highest BCUT2D eigenvalue weighted by molar-refractivity contribution is 5.68. The minimum atomic E-state index is -0.529. The second-order valence-corrected chi connectivity index (χ2v) is 5.57. The number of hydrogen-bond donors (Lipinski definition) is 2. The molecule has 1 aromatic rings. The second kappa shape index (κ2) is 21.0. The van der Waals surface area contributed by atoms with E-state index in [0.717, 1.165) is 7.11 Å². The van der Waals surface area contributed by atoms with Crippen LogP contribution in [0.1, 0.15) is 39.7 Å². The molecule has 0 atom stereocenters. The standard InChI is InChI=1S/C15H22N2O6.C3H8.C2H6.CH4O/c1-16(14(19)22-4)7-8-17(2)15(20)23-10-11-5-6-12(18)9-13(11)21-3;1-3-2;2*1-2/h5-6,9,18H,7-8,10H2,1-4H3;3H2,1-2H3;1-2H3;2H,1H3. The summed E-state index contributed by atoms with van der Waals surface area (Å²) in [7, 11) is 6.91. The lowest BCUT2D eigenvalue weighted by atomic mass is 10.2. The number of carbonyl (C=O) groups is 2. The van der Waals surface area contributed by atoms with E-state index in [4.69, 9.17) is 14.6 Å². The third kappa shape index (κ3) is 14.3. The molecule has 0 aliphatic heterocycles. The summed E-state index contributed by atoms with van der Waals surface area (Å²) in [5.41, 5.74) is 0.638. The summed E-state index contributed by atoms with van der Waals surface area (Å²) in [6.07, 6.45) is 0.249. The molecule has 176 valence electrons. The lowest BCUT2D eigenvalue weighted by Gasteiger charge is -2.21. The quantitative estimate of drug-likeness (QED) is 0.705. The molecular formula is C21H40N2O7. The van der Waals surface area contributed by atoms with Crippen molar-refractivity contribution in [1.29, 1.82) is 0 Å². The van der Waals surface area contributed by atoms with Crippen LogP contribution in [-0.4, -0.2) is 80.7 Å². The van der Waals surface area contributed by atoms with Crippen molar-refractivity contribution >= 4 is 12.2 Å². The number of aliphatic hydroxyl groups is 1. The summed E-state index contributed by atoms with van der Waals surface area (Å²) < 4.78 is 14.9. The van der Waals surface area contributed by atoms with Gasteiger partial charge < -0.3 is 34.2 Å². The van der Waals surface area contributed by atoms with Gasteiger partial charge in [0, 0.05) is 45.9 Å². The molecule has 1 aromatic carbocycles. The van der Waals surface area contributed by atoms with Crippen molar-refractivity contribution < 1.29 is 34.0 Å². The van der Waals surface area contributed by atoms with Crippen LogP contribution in [-0.2, 0) is 16.1 Å². The van der Waals surface area contributed by atoms with Crippen LogP contribution in [0.5, 0.6) is 11.5 Å². The topological polar surface area (TPSA) is 109 Å². The Labute approximate surface area is 181 Å². The average Bonchev–Trinajstić information content (AvgIpc) is 2.78. The van der Waals surface area contributed by atoms with Crippen LogP contribution in [0.15, 0.2) is 18.2 Å². The smallest absolute Gasteiger partial charge is 0.409 e. The zero-order chi connectivity index (χ0) is 24.1. The van der Waals surface area contributed by atoms with Crippen molar-refractivity contribution in [2.24, 2.45) is 0 Å². The maximum Gasteiger partial charge on any atom is 0.409 e. The molecule has 0 bridgehead atoms. The van der Waals surface area contributed by atoms with Gasteiger partial charge in [0.1, 0.15) is 18.1 Å². The van der Waals surface area contributed by atoms with Crippen molar-refractivity contribution in [2.75, 3.05) is 48.5 Å². The highest BCUT2D eigenvalue weighted by atomic mass is 16.6. The van der Waals surface area contributed by atoms with Crippen molar-refractivity contribution in [3.63, 3.8) is 0 Å². The summed E-state index contributed by atoms with van der Waals surface area (Å²) in [4.78, 5) is 25.9. The van der Waals surface area contributed by atoms with Crippen molar-refractivity contribution in [3.05, 3.63) is 23.8 Å². The van der Waals surface area contributed by atoms with Crippen molar-refractivity contribution in [1.82, 2.24) is 9.80 Å². The molecule has 9 nitrogen and oxygen atoms in total. The van der Waals surface area contributed by atoms with E-state index in [1.54, 1.807) is 20.2 Å². The molecule has 0 spiro atoms. The monoisotopic (exact) mass is 432 g/mol. The molecule has 0 heterocycles. The lowest BCUT2D eigenvalue weighted by molar-refractivity contribution is 0.0969. The Kier molecular flexibility index (Phi) is 22.4. The number of phenols is 1. The van der Waals surface area contributed by atoms with Crippen LogP contribution < -0.4 is 4.74 Å². The fourth-order valence-corrected chi connectivity index (χ4v) is 1.74. The van der Waals surface area contributed by atoms with Gasteiger partial charge in [-0.15, -0.1) is 0 Å². The fraction of sp³-hybridized carbons (Fsp3) is 0.619. The van der Waals surface area contributed by atoms with Gasteiger partial charge >= 0.3 is 12.2 Å². The number of rotatable bonds is 6. The number of phenolic OH excluding ortho intramolecular Hbond substituents is 1. The maximum absolute atomic E-state index is 11.9. The van der Waals surface area contributed by atoms with Gasteiger partial charge in [-0.1, -0.05) is 34.1 Å². The number of ether oxygens (including phenoxy) is 3. The van der Waals surface area contributed by atoms with E-state index >= 15 is 0 Å². The Morgan fingerprint density at radius 3 is 1.87 bits per heavy atom. The average molecular weight is 433 g/mol. The van der Waals surface area contributed by atoms with E-state index < -0.39 is 12.2 Å². The number of nitrogens with zero attached hydrogens (tertiary/aromatic N) is 2. The highest BCUT2D eigenvalue weighted by Gasteiger charge is 2.14. The molecule has 0 saturated heterocycles. The number of methoxy groups -OCH3 is 2. The zero-order valence-electron chi connectivity index (χ0n) is 19.9. The number of hydrogen-bond acceptors (Lipinski definition) is 7. The molecule has 30 heavy (non-hydrogen) atoms. The molecule has 0 aromatic heterocycles. The predicted molar refractivity (Wildman–Crippen MR) is 118 cm³/mol. The number of aromatic hydroxyl groups is 1.